The molecule has 0 spiro atoms. The monoisotopic (exact) mass is 267 g/mol. The zero-order valence-corrected chi connectivity index (χ0v) is 10.4. The Morgan fingerprint density at radius 2 is 2.05 bits per heavy atom. The molecule has 0 amide bonds. The summed E-state index contributed by atoms with van der Waals surface area (Å²) in [5, 5.41) is 14.8. The van der Waals surface area contributed by atoms with Crippen LogP contribution in [0.3, 0.4) is 0 Å². The molecule has 0 bridgehead atoms. The lowest BCUT2D eigenvalue weighted by atomic mass is 10.2. The summed E-state index contributed by atoms with van der Waals surface area (Å²) in [6, 6.07) is 3.82. The van der Waals surface area contributed by atoms with Crippen LogP contribution in [-0.2, 0) is 6.54 Å². The largest absolute Gasteiger partial charge is 0.312 e. The standard InChI is InChI=1S/C12H11F2N3O2/c1-7-12(17(18)19)8(2)16(15-7)6-9-4-3-5-10(13)11(9)14/h3-5H,6H2,1-2H3. The fourth-order valence-corrected chi connectivity index (χ4v) is 1.94. The highest BCUT2D eigenvalue weighted by Gasteiger charge is 2.22. The maximum atomic E-state index is 13.5. The van der Waals surface area contributed by atoms with E-state index in [9.17, 15) is 18.9 Å². The van der Waals surface area contributed by atoms with Crippen LogP contribution >= 0.6 is 0 Å². The summed E-state index contributed by atoms with van der Waals surface area (Å²) in [7, 11) is 0. The molecular weight excluding hydrogens is 256 g/mol. The predicted octanol–water partition coefficient (Wildman–Crippen LogP) is 2.73. The van der Waals surface area contributed by atoms with E-state index in [1.54, 1.807) is 0 Å². The maximum absolute atomic E-state index is 13.5. The van der Waals surface area contributed by atoms with E-state index in [-0.39, 0.29) is 23.5 Å². The first-order valence-electron chi connectivity index (χ1n) is 5.53. The molecule has 19 heavy (non-hydrogen) atoms. The molecule has 1 aromatic carbocycles. The van der Waals surface area contributed by atoms with Gasteiger partial charge in [0.25, 0.3) is 0 Å². The fraction of sp³-hybridized carbons (Fsp3) is 0.250. The van der Waals surface area contributed by atoms with E-state index in [4.69, 9.17) is 0 Å². The summed E-state index contributed by atoms with van der Waals surface area (Å²) in [5.41, 5.74) is 0.558. The number of aryl methyl sites for hydroxylation is 1. The molecule has 0 N–H and O–H groups in total. The molecule has 0 unspecified atom stereocenters. The minimum absolute atomic E-state index is 0.0515. The molecule has 5 nitrogen and oxygen atoms in total. The predicted molar refractivity (Wildman–Crippen MR) is 63.8 cm³/mol. The van der Waals surface area contributed by atoms with Gasteiger partial charge in [0.2, 0.25) is 0 Å². The summed E-state index contributed by atoms with van der Waals surface area (Å²) in [6.07, 6.45) is 0. The Balaban J connectivity index is 2.42. The van der Waals surface area contributed by atoms with E-state index in [2.05, 4.69) is 5.10 Å². The van der Waals surface area contributed by atoms with Crippen molar-refractivity contribution in [3.63, 3.8) is 0 Å². The Morgan fingerprint density at radius 3 is 2.63 bits per heavy atom. The summed E-state index contributed by atoms with van der Waals surface area (Å²) in [4.78, 5) is 10.3. The quantitative estimate of drug-likeness (QED) is 0.634. The van der Waals surface area contributed by atoms with Crippen LogP contribution in [0, 0.1) is 35.6 Å². The molecule has 0 saturated carbocycles. The van der Waals surface area contributed by atoms with Gasteiger partial charge in [-0.2, -0.15) is 5.10 Å². The summed E-state index contributed by atoms with van der Waals surface area (Å²) < 4.78 is 27.9. The third-order valence-corrected chi connectivity index (χ3v) is 2.88. The van der Waals surface area contributed by atoms with Crippen LogP contribution in [0.4, 0.5) is 14.5 Å². The number of aromatic nitrogens is 2. The van der Waals surface area contributed by atoms with E-state index in [1.165, 1.54) is 30.7 Å². The van der Waals surface area contributed by atoms with Crippen LogP contribution in [0.2, 0.25) is 0 Å². The summed E-state index contributed by atoms with van der Waals surface area (Å²) >= 11 is 0. The zero-order chi connectivity index (χ0) is 14.2. The molecule has 7 heteroatoms. The Labute approximate surface area is 107 Å². The number of hydrogen-bond acceptors (Lipinski definition) is 3. The topological polar surface area (TPSA) is 61.0 Å². The number of nitro groups is 1. The Bertz CT molecular complexity index is 653. The van der Waals surface area contributed by atoms with Crippen LogP contribution in [0.25, 0.3) is 0 Å². The molecule has 1 aromatic heterocycles. The third-order valence-electron chi connectivity index (χ3n) is 2.88. The molecule has 0 aliphatic heterocycles. The van der Waals surface area contributed by atoms with Gasteiger partial charge in [-0.15, -0.1) is 0 Å². The average molecular weight is 267 g/mol. The van der Waals surface area contributed by atoms with Gasteiger partial charge in [0.15, 0.2) is 11.6 Å². The Morgan fingerprint density at radius 1 is 1.37 bits per heavy atom. The van der Waals surface area contributed by atoms with Gasteiger partial charge >= 0.3 is 5.69 Å². The van der Waals surface area contributed by atoms with Gasteiger partial charge in [0.1, 0.15) is 11.4 Å². The van der Waals surface area contributed by atoms with Gasteiger partial charge < -0.3 is 0 Å². The number of benzene rings is 1. The van der Waals surface area contributed by atoms with Gasteiger partial charge in [0.05, 0.1) is 11.5 Å². The van der Waals surface area contributed by atoms with E-state index in [1.807, 2.05) is 0 Å². The highest BCUT2D eigenvalue weighted by atomic mass is 19.2. The van der Waals surface area contributed by atoms with Crippen molar-refractivity contribution in [3.05, 3.63) is 56.9 Å². The maximum Gasteiger partial charge on any atom is 0.312 e. The third kappa shape index (κ3) is 2.31. The van der Waals surface area contributed by atoms with Crippen molar-refractivity contribution in [1.82, 2.24) is 9.78 Å². The first kappa shape index (κ1) is 13.1. The zero-order valence-electron chi connectivity index (χ0n) is 10.4. The highest BCUT2D eigenvalue weighted by Crippen LogP contribution is 2.23. The van der Waals surface area contributed by atoms with Gasteiger partial charge in [-0.05, 0) is 19.9 Å². The first-order chi connectivity index (χ1) is 8.91. The molecule has 2 rings (SSSR count). The number of halogens is 2. The Kier molecular flexibility index (Phi) is 3.28. The van der Waals surface area contributed by atoms with Gasteiger partial charge in [-0.3, -0.25) is 14.8 Å². The van der Waals surface area contributed by atoms with Crippen molar-refractivity contribution in [2.75, 3.05) is 0 Å². The highest BCUT2D eigenvalue weighted by molar-refractivity contribution is 5.40. The van der Waals surface area contributed by atoms with Crippen molar-refractivity contribution in [2.45, 2.75) is 20.4 Å². The second-order valence-electron chi connectivity index (χ2n) is 4.15. The SMILES string of the molecule is Cc1nn(Cc2cccc(F)c2F)c(C)c1[N+](=O)[O-]. The van der Waals surface area contributed by atoms with Gasteiger partial charge in [-0.25, -0.2) is 8.78 Å². The summed E-state index contributed by atoms with van der Waals surface area (Å²) in [5.74, 6) is -1.91. The van der Waals surface area contributed by atoms with E-state index in [0.717, 1.165) is 6.07 Å². The molecule has 0 atom stereocenters. The lowest BCUT2D eigenvalue weighted by Gasteiger charge is -2.05. The molecule has 1 heterocycles. The van der Waals surface area contributed by atoms with E-state index in [0.29, 0.717) is 5.69 Å². The van der Waals surface area contributed by atoms with Crippen LogP contribution in [0.15, 0.2) is 18.2 Å². The van der Waals surface area contributed by atoms with E-state index >= 15 is 0 Å². The summed E-state index contributed by atoms with van der Waals surface area (Å²) in [6.45, 7) is 2.98. The lowest BCUT2D eigenvalue weighted by Crippen LogP contribution is -2.07. The molecule has 2 aromatic rings. The molecule has 0 radical (unpaired) electrons. The minimum atomic E-state index is -0.960. The van der Waals surface area contributed by atoms with Crippen molar-refractivity contribution in [1.29, 1.82) is 0 Å². The van der Waals surface area contributed by atoms with E-state index < -0.39 is 16.6 Å². The average Bonchev–Trinajstić information content (AvgIpc) is 2.60. The number of rotatable bonds is 3. The molecule has 100 valence electrons. The van der Waals surface area contributed by atoms with Gasteiger partial charge in [0, 0.05) is 5.56 Å². The second-order valence-corrected chi connectivity index (χ2v) is 4.15. The minimum Gasteiger partial charge on any atom is -0.258 e. The number of hydrogen-bond donors (Lipinski definition) is 0. The van der Waals surface area contributed by atoms with Crippen molar-refractivity contribution in [2.24, 2.45) is 0 Å². The van der Waals surface area contributed by atoms with Crippen LogP contribution in [0.5, 0.6) is 0 Å². The molecule has 0 aliphatic rings. The van der Waals surface area contributed by atoms with Gasteiger partial charge in [-0.1, -0.05) is 12.1 Å². The Hall–Kier alpha value is -2.31. The van der Waals surface area contributed by atoms with Crippen LogP contribution in [-0.4, -0.2) is 14.7 Å². The fourth-order valence-electron chi connectivity index (χ4n) is 1.94. The molecule has 0 fully saturated rings. The van der Waals surface area contributed by atoms with Crippen LogP contribution in [0.1, 0.15) is 17.0 Å². The smallest absolute Gasteiger partial charge is 0.258 e. The first-order valence-corrected chi connectivity index (χ1v) is 5.53. The van der Waals surface area contributed by atoms with Crippen molar-refractivity contribution < 1.29 is 13.7 Å². The molecular formula is C12H11F2N3O2. The van der Waals surface area contributed by atoms with Crippen molar-refractivity contribution >= 4 is 5.69 Å². The number of nitrogens with zero attached hydrogens (tertiary/aromatic N) is 3. The van der Waals surface area contributed by atoms with Crippen LogP contribution < -0.4 is 0 Å². The molecule has 0 aliphatic carbocycles. The normalized spacial score (nSPS) is 10.7. The second kappa shape index (κ2) is 4.75. The lowest BCUT2D eigenvalue weighted by molar-refractivity contribution is -0.386. The molecule has 0 saturated heterocycles. The van der Waals surface area contributed by atoms with Crippen molar-refractivity contribution in [3.8, 4) is 0 Å².